The van der Waals surface area contributed by atoms with Crippen molar-refractivity contribution in [3.8, 4) is 0 Å². The van der Waals surface area contributed by atoms with Gasteiger partial charge in [-0.2, -0.15) is 0 Å². The lowest BCUT2D eigenvalue weighted by molar-refractivity contribution is -0.142. The molecule has 1 aromatic carbocycles. The largest absolute Gasteiger partial charge is 0.480 e. The van der Waals surface area contributed by atoms with Crippen LogP contribution in [0.4, 0.5) is 0 Å². The van der Waals surface area contributed by atoms with Gasteiger partial charge in [-0.15, -0.1) is 0 Å². The molecule has 0 saturated heterocycles. The maximum Gasteiger partial charge on any atom is 0.326 e. The molecule has 0 heterocycles. The van der Waals surface area contributed by atoms with E-state index in [0.29, 0.717) is 5.56 Å². The zero-order valence-corrected chi connectivity index (χ0v) is 17.1. The Morgan fingerprint density at radius 3 is 1.96 bits per heavy atom. The van der Waals surface area contributed by atoms with Gasteiger partial charge in [-0.3, -0.25) is 4.79 Å². The van der Waals surface area contributed by atoms with Crippen molar-refractivity contribution >= 4 is 21.9 Å². The van der Waals surface area contributed by atoms with E-state index in [2.05, 4.69) is 10.0 Å². The first-order valence-electron chi connectivity index (χ1n) is 9.07. The van der Waals surface area contributed by atoms with Gasteiger partial charge in [-0.1, -0.05) is 58.0 Å². The molecule has 0 radical (unpaired) electrons. The van der Waals surface area contributed by atoms with Gasteiger partial charge in [0.2, 0.25) is 15.9 Å². The summed E-state index contributed by atoms with van der Waals surface area (Å²) in [6.07, 6.45) is 0.542. The zero-order chi connectivity index (χ0) is 20.6. The molecule has 0 aliphatic carbocycles. The van der Waals surface area contributed by atoms with Gasteiger partial charge in [0.25, 0.3) is 0 Å². The molecule has 0 unspecified atom stereocenters. The summed E-state index contributed by atoms with van der Waals surface area (Å²) in [5.41, 5.74) is 0.608. The minimum Gasteiger partial charge on any atom is -0.480 e. The number of carbonyl (C=O) groups is 2. The first kappa shape index (κ1) is 23.1. The highest BCUT2D eigenvalue weighted by Gasteiger charge is 2.29. The van der Waals surface area contributed by atoms with Crippen LogP contribution >= 0.6 is 0 Å². The molecule has 27 heavy (non-hydrogen) atoms. The highest BCUT2D eigenvalue weighted by atomic mass is 32.2. The number of amides is 1. The van der Waals surface area contributed by atoms with Crippen molar-refractivity contribution in [1.29, 1.82) is 0 Å². The molecule has 0 bridgehead atoms. The van der Waals surface area contributed by atoms with Crippen molar-refractivity contribution in [2.75, 3.05) is 0 Å². The van der Waals surface area contributed by atoms with Crippen molar-refractivity contribution in [2.45, 2.75) is 58.4 Å². The number of rotatable bonds is 11. The molecule has 152 valence electrons. The van der Waals surface area contributed by atoms with E-state index >= 15 is 0 Å². The summed E-state index contributed by atoms with van der Waals surface area (Å²) < 4.78 is 27.4. The molecule has 0 saturated carbocycles. The maximum absolute atomic E-state index is 12.6. The average Bonchev–Trinajstić information content (AvgIpc) is 2.52. The van der Waals surface area contributed by atoms with Crippen molar-refractivity contribution in [3.63, 3.8) is 0 Å². The second-order valence-electron chi connectivity index (χ2n) is 7.57. The van der Waals surface area contributed by atoms with Crippen LogP contribution in [0, 0.1) is 11.8 Å². The summed E-state index contributed by atoms with van der Waals surface area (Å²) in [4.78, 5) is 24.0. The monoisotopic (exact) mass is 398 g/mol. The van der Waals surface area contributed by atoms with Gasteiger partial charge in [-0.05, 0) is 30.2 Å². The standard InChI is InChI=1S/C19H30N2O5S/c1-13(2)10-16(18(22)20-17(19(23)24)11-14(3)4)21-27(25,26)12-15-8-6-5-7-9-15/h5-9,13-14,16-17,21H,10-12H2,1-4H3,(H,20,22)(H,23,24)/t16-,17+/m0/s1. The quantitative estimate of drug-likeness (QED) is 0.529. The first-order valence-corrected chi connectivity index (χ1v) is 10.7. The third kappa shape index (κ3) is 9.01. The van der Waals surface area contributed by atoms with Crippen molar-refractivity contribution < 1.29 is 23.1 Å². The van der Waals surface area contributed by atoms with Gasteiger partial charge in [-0.25, -0.2) is 17.9 Å². The van der Waals surface area contributed by atoms with Crippen LogP contribution in [0.15, 0.2) is 30.3 Å². The molecule has 0 aliphatic heterocycles. The molecule has 1 rings (SSSR count). The predicted octanol–water partition coefficient (Wildman–Crippen LogP) is 2.14. The van der Waals surface area contributed by atoms with Crippen LogP contribution in [0.2, 0.25) is 0 Å². The zero-order valence-electron chi connectivity index (χ0n) is 16.3. The van der Waals surface area contributed by atoms with Crippen molar-refractivity contribution in [2.24, 2.45) is 11.8 Å². The van der Waals surface area contributed by atoms with Gasteiger partial charge in [0, 0.05) is 0 Å². The second-order valence-corrected chi connectivity index (χ2v) is 9.33. The van der Waals surface area contributed by atoms with Crippen LogP contribution in [0.1, 0.15) is 46.1 Å². The van der Waals surface area contributed by atoms with Crippen LogP contribution < -0.4 is 10.0 Å². The van der Waals surface area contributed by atoms with Gasteiger partial charge in [0.1, 0.15) is 12.1 Å². The maximum atomic E-state index is 12.6. The Bertz CT molecular complexity index is 717. The first-order chi connectivity index (χ1) is 12.5. The number of aliphatic carboxylic acids is 1. The van der Waals surface area contributed by atoms with Crippen LogP contribution in [0.5, 0.6) is 0 Å². The van der Waals surface area contributed by atoms with E-state index in [1.54, 1.807) is 30.3 Å². The fourth-order valence-electron chi connectivity index (χ4n) is 2.70. The fourth-order valence-corrected chi connectivity index (χ4v) is 4.05. The van der Waals surface area contributed by atoms with Gasteiger partial charge in [0.05, 0.1) is 5.75 Å². The number of carboxylic acids is 1. The lowest BCUT2D eigenvalue weighted by atomic mass is 10.0. The Labute approximate surface area is 161 Å². The molecule has 1 amide bonds. The average molecular weight is 399 g/mol. The van der Waals surface area contributed by atoms with E-state index in [4.69, 9.17) is 0 Å². The summed E-state index contributed by atoms with van der Waals surface area (Å²) in [6, 6.07) is 6.59. The van der Waals surface area contributed by atoms with Crippen LogP contribution in [0.3, 0.4) is 0 Å². The van der Waals surface area contributed by atoms with Crippen molar-refractivity contribution in [3.05, 3.63) is 35.9 Å². The molecule has 0 aromatic heterocycles. The Morgan fingerprint density at radius 1 is 0.963 bits per heavy atom. The minimum atomic E-state index is -3.76. The Morgan fingerprint density at radius 2 is 1.48 bits per heavy atom. The summed E-state index contributed by atoms with van der Waals surface area (Å²) >= 11 is 0. The number of carboxylic acid groups (broad SMARTS) is 1. The van der Waals surface area contributed by atoms with E-state index in [-0.39, 0.29) is 30.4 Å². The summed E-state index contributed by atoms with van der Waals surface area (Å²) in [6.45, 7) is 7.45. The highest BCUT2D eigenvalue weighted by molar-refractivity contribution is 7.88. The molecule has 2 atom stereocenters. The summed E-state index contributed by atoms with van der Waals surface area (Å²) in [5.74, 6) is -1.87. The Balaban J connectivity index is 2.90. The summed E-state index contributed by atoms with van der Waals surface area (Å²) in [5, 5.41) is 11.8. The van der Waals surface area contributed by atoms with Crippen LogP contribution in [-0.2, 0) is 25.4 Å². The number of carbonyl (C=O) groups excluding carboxylic acids is 1. The number of hydrogen-bond donors (Lipinski definition) is 3. The predicted molar refractivity (Wildman–Crippen MR) is 104 cm³/mol. The van der Waals surface area contributed by atoms with E-state index in [1.807, 2.05) is 27.7 Å². The molecular weight excluding hydrogens is 368 g/mol. The van der Waals surface area contributed by atoms with Crippen LogP contribution in [0.25, 0.3) is 0 Å². The highest BCUT2D eigenvalue weighted by Crippen LogP contribution is 2.11. The second kappa shape index (κ2) is 10.4. The van der Waals surface area contributed by atoms with Gasteiger partial charge in [0.15, 0.2) is 0 Å². The normalized spacial score (nSPS) is 14.1. The third-order valence-corrected chi connectivity index (χ3v) is 5.22. The summed E-state index contributed by atoms with van der Waals surface area (Å²) in [7, 11) is -3.76. The molecule has 0 aliphatic rings. The Kier molecular flexibility index (Phi) is 8.92. The lowest BCUT2D eigenvalue weighted by Gasteiger charge is -2.23. The molecule has 1 aromatic rings. The van der Waals surface area contributed by atoms with E-state index < -0.39 is 34.0 Å². The fraction of sp³-hybridized carbons (Fsp3) is 0.579. The molecule has 0 spiro atoms. The van der Waals surface area contributed by atoms with E-state index in [1.165, 1.54) is 0 Å². The smallest absolute Gasteiger partial charge is 0.326 e. The van der Waals surface area contributed by atoms with Crippen LogP contribution in [-0.4, -0.2) is 37.5 Å². The number of nitrogens with one attached hydrogen (secondary N) is 2. The molecular formula is C19H30N2O5S. The SMILES string of the molecule is CC(C)C[C@H](NS(=O)(=O)Cc1ccccc1)C(=O)N[C@H](CC(C)C)C(=O)O. The number of benzene rings is 1. The molecule has 3 N–H and O–H groups in total. The van der Waals surface area contributed by atoms with Crippen molar-refractivity contribution in [1.82, 2.24) is 10.0 Å². The minimum absolute atomic E-state index is 0.0496. The van der Waals surface area contributed by atoms with E-state index in [9.17, 15) is 23.1 Å². The van der Waals surface area contributed by atoms with E-state index in [0.717, 1.165) is 0 Å². The lowest BCUT2D eigenvalue weighted by Crippen LogP contribution is -2.52. The third-order valence-electron chi connectivity index (χ3n) is 3.87. The number of hydrogen-bond acceptors (Lipinski definition) is 4. The molecule has 7 nitrogen and oxygen atoms in total. The number of sulfonamides is 1. The Hall–Kier alpha value is -1.93. The topological polar surface area (TPSA) is 113 Å². The van der Waals surface area contributed by atoms with Gasteiger partial charge >= 0.3 is 5.97 Å². The molecule has 8 heteroatoms. The van der Waals surface area contributed by atoms with Gasteiger partial charge < -0.3 is 10.4 Å². The molecule has 0 fully saturated rings.